The smallest absolute Gasteiger partial charge is 0.418 e. The van der Waals surface area contributed by atoms with E-state index in [1.54, 1.807) is 26.5 Å². The fourth-order valence-corrected chi connectivity index (χ4v) is 7.10. The van der Waals surface area contributed by atoms with Crippen LogP contribution in [0.1, 0.15) is 27.1 Å². The maximum absolute atomic E-state index is 15.0. The van der Waals surface area contributed by atoms with Gasteiger partial charge in [-0.15, -0.1) is 0 Å². The van der Waals surface area contributed by atoms with Crippen LogP contribution in [0.3, 0.4) is 0 Å². The van der Waals surface area contributed by atoms with Crippen LogP contribution in [0, 0.1) is 6.92 Å². The summed E-state index contributed by atoms with van der Waals surface area (Å²) >= 11 is 8.44. The minimum Gasteiger partial charge on any atom is -0.497 e. The molecule has 262 valence electrons. The summed E-state index contributed by atoms with van der Waals surface area (Å²) in [7, 11) is 3.18. The molecule has 0 bridgehead atoms. The van der Waals surface area contributed by atoms with Gasteiger partial charge in [0.05, 0.1) is 54.5 Å². The Balaban J connectivity index is 1.38. The van der Waals surface area contributed by atoms with E-state index >= 15 is 0 Å². The number of benzene rings is 3. The number of alkyl halides is 3. The zero-order valence-corrected chi connectivity index (χ0v) is 29.4. The Kier molecular flexibility index (Phi) is 9.58. The van der Waals surface area contributed by atoms with Crippen LogP contribution in [0.2, 0.25) is 5.02 Å². The van der Waals surface area contributed by atoms with Crippen molar-refractivity contribution in [2.75, 3.05) is 37.2 Å². The molecule has 7 rings (SSSR count). The monoisotopic (exact) mass is 732 g/mol. The minimum absolute atomic E-state index is 0.000908. The average Bonchev–Trinajstić information content (AvgIpc) is 3.57. The molecule has 9 nitrogen and oxygen atoms in total. The van der Waals surface area contributed by atoms with Crippen LogP contribution in [-0.4, -0.2) is 46.7 Å². The number of nitrogens with zero attached hydrogens (tertiary/aromatic N) is 6. The van der Waals surface area contributed by atoms with Gasteiger partial charge in [-0.25, -0.2) is 19.3 Å². The highest BCUT2D eigenvalue weighted by Gasteiger charge is 2.39. The third-order valence-electron chi connectivity index (χ3n) is 8.68. The molecule has 0 saturated heterocycles. The first kappa shape index (κ1) is 34.3. The molecular weight excluding hydrogens is 701 g/mol. The van der Waals surface area contributed by atoms with Crippen molar-refractivity contribution in [1.29, 1.82) is 0 Å². The molecular formula is C37H32ClF3N6O3S. The third kappa shape index (κ3) is 7.08. The normalized spacial score (nSPS) is 12.8. The first-order valence-corrected chi connectivity index (χ1v) is 17.1. The molecule has 14 heteroatoms. The van der Waals surface area contributed by atoms with Gasteiger partial charge in [0.25, 0.3) is 0 Å². The van der Waals surface area contributed by atoms with Gasteiger partial charge in [0.1, 0.15) is 36.1 Å². The van der Waals surface area contributed by atoms with E-state index in [1.807, 2.05) is 64.4 Å². The number of hydrogen-bond acceptors (Lipinski definition) is 10. The van der Waals surface area contributed by atoms with Crippen molar-refractivity contribution in [1.82, 2.24) is 19.3 Å². The molecule has 3 aromatic heterocycles. The van der Waals surface area contributed by atoms with E-state index in [1.165, 1.54) is 30.8 Å². The molecule has 0 fully saturated rings. The molecule has 0 unspecified atom stereocenters. The molecule has 0 spiro atoms. The fraction of sp³-hybridized carbons (Fsp3) is 0.243. The topological polar surface area (TPSA) is 85.7 Å². The highest BCUT2D eigenvalue weighted by atomic mass is 35.5. The van der Waals surface area contributed by atoms with Crippen molar-refractivity contribution in [2.24, 2.45) is 0 Å². The molecule has 0 saturated carbocycles. The number of rotatable bonds is 10. The van der Waals surface area contributed by atoms with Gasteiger partial charge < -0.3 is 24.0 Å². The number of aryl methyl sites for hydroxylation is 1. The Labute approximate surface area is 301 Å². The lowest BCUT2D eigenvalue weighted by atomic mass is 9.98. The molecule has 1 aliphatic rings. The van der Waals surface area contributed by atoms with Crippen LogP contribution in [0.25, 0.3) is 22.2 Å². The van der Waals surface area contributed by atoms with Crippen molar-refractivity contribution in [3.63, 3.8) is 0 Å². The quantitative estimate of drug-likeness (QED) is 0.137. The van der Waals surface area contributed by atoms with Crippen molar-refractivity contribution in [2.45, 2.75) is 32.7 Å². The summed E-state index contributed by atoms with van der Waals surface area (Å²) < 4.78 is 66.0. The van der Waals surface area contributed by atoms with Crippen LogP contribution in [0.5, 0.6) is 17.2 Å². The van der Waals surface area contributed by atoms with Crippen LogP contribution >= 0.6 is 23.1 Å². The maximum Gasteiger partial charge on any atom is 0.418 e. The number of ether oxygens (including phenoxy) is 3. The van der Waals surface area contributed by atoms with E-state index in [0.717, 1.165) is 16.0 Å². The van der Waals surface area contributed by atoms with Gasteiger partial charge in [-0.3, -0.25) is 0 Å². The summed E-state index contributed by atoms with van der Waals surface area (Å²) in [5.74, 6) is 2.52. The second-order valence-corrected chi connectivity index (χ2v) is 13.3. The van der Waals surface area contributed by atoms with Gasteiger partial charge >= 0.3 is 6.18 Å². The Bertz CT molecular complexity index is 2120. The average molecular weight is 733 g/mol. The van der Waals surface area contributed by atoms with E-state index in [2.05, 4.69) is 14.3 Å². The van der Waals surface area contributed by atoms with Crippen LogP contribution in [0.15, 0.2) is 79.3 Å². The molecule has 0 aliphatic carbocycles. The zero-order chi connectivity index (χ0) is 35.7. The van der Waals surface area contributed by atoms with Crippen molar-refractivity contribution in [3.8, 4) is 28.5 Å². The number of anilines is 2. The van der Waals surface area contributed by atoms with Gasteiger partial charge in [-0.2, -0.15) is 13.2 Å². The summed E-state index contributed by atoms with van der Waals surface area (Å²) in [6, 6.07) is 20.0. The number of pyridine rings is 1. The van der Waals surface area contributed by atoms with Crippen molar-refractivity contribution >= 4 is 45.7 Å². The third-order valence-corrected chi connectivity index (χ3v) is 9.78. The van der Waals surface area contributed by atoms with Gasteiger partial charge in [0.15, 0.2) is 5.75 Å². The molecule has 1 aliphatic heterocycles. The summed E-state index contributed by atoms with van der Waals surface area (Å²) in [5, 5.41) is 0.528. The number of hydrogen-bond donors (Lipinski definition) is 0. The summed E-state index contributed by atoms with van der Waals surface area (Å²) in [5.41, 5.74) is 1.07. The predicted octanol–water partition coefficient (Wildman–Crippen LogP) is 8.75. The second-order valence-electron chi connectivity index (χ2n) is 12.0. The Hall–Kier alpha value is -5.14. The second kappa shape index (κ2) is 14.2. The van der Waals surface area contributed by atoms with Crippen LogP contribution < -0.4 is 24.0 Å². The van der Waals surface area contributed by atoms with E-state index in [0.29, 0.717) is 60.2 Å². The summed E-state index contributed by atoms with van der Waals surface area (Å²) in [6.45, 7) is 3.35. The SMILES string of the molecule is COc1ccc(CN(Cc2ccc(OC)cc2)c2cc(C)c(C(F)(F)F)c(-c3cc4ncnc5c4c(c3Cl)OCCN5Cc3ccns3)n2)cc1. The fourth-order valence-electron chi connectivity index (χ4n) is 6.22. The van der Waals surface area contributed by atoms with E-state index in [4.69, 9.17) is 30.8 Å². The molecule has 4 heterocycles. The Morgan fingerprint density at radius 1 is 0.941 bits per heavy atom. The molecule has 0 radical (unpaired) electrons. The summed E-state index contributed by atoms with van der Waals surface area (Å²) in [6.07, 6.45) is -1.61. The van der Waals surface area contributed by atoms with Crippen LogP contribution in [-0.2, 0) is 25.8 Å². The van der Waals surface area contributed by atoms with E-state index in [-0.39, 0.29) is 34.2 Å². The molecule has 0 N–H and O–H groups in total. The lowest BCUT2D eigenvalue weighted by molar-refractivity contribution is -0.137. The highest BCUT2D eigenvalue weighted by molar-refractivity contribution is 7.05. The minimum atomic E-state index is -4.74. The van der Waals surface area contributed by atoms with Crippen molar-refractivity contribution < 1.29 is 27.4 Å². The Morgan fingerprint density at radius 2 is 1.61 bits per heavy atom. The molecule has 3 aromatic carbocycles. The first-order valence-electron chi connectivity index (χ1n) is 16.0. The number of methoxy groups -OCH3 is 2. The van der Waals surface area contributed by atoms with Gasteiger partial charge in [-0.1, -0.05) is 35.9 Å². The highest BCUT2D eigenvalue weighted by Crippen LogP contribution is 2.48. The largest absolute Gasteiger partial charge is 0.497 e. The molecule has 0 atom stereocenters. The van der Waals surface area contributed by atoms with Gasteiger partial charge in [0, 0.05) is 29.7 Å². The molecule has 0 amide bonds. The van der Waals surface area contributed by atoms with Crippen LogP contribution in [0.4, 0.5) is 24.8 Å². The number of halogens is 4. The number of aromatic nitrogens is 4. The first-order chi connectivity index (χ1) is 24.6. The van der Waals surface area contributed by atoms with E-state index < -0.39 is 11.7 Å². The lowest BCUT2D eigenvalue weighted by Crippen LogP contribution is -2.26. The van der Waals surface area contributed by atoms with Gasteiger partial charge in [0.2, 0.25) is 0 Å². The predicted molar refractivity (Wildman–Crippen MR) is 192 cm³/mol. The maximum atomic E-state index is 15.0. The Morgan fingerprint density at radius 3 is 2.20 bits per heavy atom. The summed E-state index contributed by atoms with van der Waals surface area (Å²) in [4.78, 5) is 18.8. The molecule has 6 aromatic rings. The van der Waals surface area contributed by atoms with Crippen molar-refractivity contribution in [3.05, 3.63) is 111 Å². The lowest BCUT2D eigenvalue weighted by Gasteiger charge is -2.27. The standard InChI is InChI=1S/C37H32ClF3N6O3S/c1-22-16-30(47(18-23-4-8-25(48-2)9-5-23)19-24-6-10-26(49-3)11-7-24)45-34(32(22)37(39,40)41)28-17-29-31-35(33(28)38)50-15-14-46(36(31)43-21-42-29)20-27-12-13-44-51-27/h4-13,16-17,21H,14-15,18-20H2,1-3H3. The molecule has 51 heavy (non-hydrogen) atoms. The van der Waals surface area contributed by atoms with E-state index in [9.17, 15) is 13.2 Å². The zero-order valence-electron chi connectivity index (χ0n) is 27.9. The van der Waals surface area contributed by atoms with Gasteiger partial charge in [-0.05, 0) is 77.6 Å².